The molecule has 74 heavy (non-hydrogen) atoms. The number of anilines is 8. The van der Waals surface area contributed by atoms with Crippen molar-refractivity contribution in [3.05, 3.63) is 241 Å². The van der Waals surface area contributed by atoms with Crippen LogP contribution >= 0.6 is 0 Å². The molecule has 4 nitrogen and oxygen atoms in total. The van der Waals surface area contributed by atoms with Crippen molar-refractivity contribution in [3.63, 3.8) is 0 Å². The molecular weight excluding hydrogens is 896 g/mol. The standard InChI is InChI=1S/C69H53BN4/c1-67-38-17-18-39-68(67,2)74(59-32-15-12-27-53(59)67)47-42-61-65-62(43-47)73-57-30-13-10-25-49(57)52-41-45(44-21-6-4-7-22-44)34-35-48(52)50-36-37-55-64(66(50)73)70(65)63-54(69(55,3)46-23-8-5-9-24-46)28-20-33-60(63)72(61)58-31-14-11-26-51(58)56-29-16-19-40-71-56/h4-16,19-37,40-43H,17-18,38-39H2,1-3H3. The number of rotatable bonds is 5. The average molecular weight is 949 g/mol. The molecule has 0 bridgehead atoms. The molecule has 9 aromatic carbocycles. The van der Waals surface area contributed by atoms with Gasteiger partial charge in [-0.15, -0.1) is 0 Å². The van der Waals surface area contributed by atoms with Gasteiger partial charge in [0.15, 0.2) is 0 Å². The Kier molecular flexibility index (Phi) is 8.59. The molecule has 1 aliphatic carbocycles. The second-order valence-corrected chi connectivity index (χ2v) is 22.2. The number of hydrogen-bond donors (Lipinski definition) is 0. The fourth-order valence-electron chi connectivity index (χ4n) is 15.3. The number of hydrogen-bond acceptors (Lipinski definition) is 4. The predicted octanol–water partition coefficient (Wildman–Crippen LogP) is 15.6. The van der Waals surface area contributed by atoms with Gasteiger partial charge in [0.05, 0.1) is 22.6 Å². The van der Waals surface area contributed by atoms with Crippen molar-refractivity contribution in [2.75, 3.05) is 14.7 Å². The summed E-state index contributed by atoms with van der Waals surface area (Å²) in [6.07, 6.45) is 6.66. The summed E-state index contributed by atoms with van der Waals surface area (Å²) in [6.45, 7) is 7.58. The zero-order chi connectivity index (χ0) is 49.1. The summed E-state index contributed by atoms with van der Waals surface area (Å²) in [5, 5.41) is 0. The van der Waals surface area contributed by atoms with Crippen molar-refractivity contribution < 1.29 is 0 Å². The monoisotopic (exact) mass is 948 g/mol. The maximum atomic E-state index is 5.04. The van der Waals surface area contributed by atoms with Crippen molar-refractivity contribution in [1.82, 2.24) is 4.98 Å². The first-order chi connectivity index (χ1) is 36.4. The summed E-state index contributed by atoms with van der Waals surface area (Å²) in [5.74, 6) is 0. The molecule has 10 aromatic rings. The van der Waals surface area contributed by atoms with E-state index in [1.807, 2.05) is 12.3 Å². The number of aromatic nitrogens is 1. The van der Waals surface area contributed by atoms with Gasteiger partial charge in [0.25, 0.3) is 6.71 Å². The van der Waals surface area contributed by atoms with E-state index in [1.54, 1.807) is 0 Å². The van der Waals surface area contributed by atoms with Gasteiger partial charge in [-0.3, -0.25) is 4.98 Å². The van der Waals surface area contributed by atoms with Crippen molar-refractivity contribution in [3.8, 4) is 44.6 Å². The number of fused-ring (bicyclic) bond motifs is 9. The van der Waals surface area contributed by atoms with Gasteiger partial charge in [-0.2, -0.15) is 0 Å². The van der Waals surface area contributed by atoms with E-state index in [4.69, 9.17) is 4.98 Å². The lowest BCUT2D eigenvalue weighted by Gasteiger charge is -2.53. The first-order valence-corrected chi connectivity index (χ1v) is 26.7. The zero-order valence-electron chi connectivity index (χ0n) is 42.0. The molecule has 6 heterocycles. The molecule has 5 heteroatoms. The van der Waals surface area contributed by atoms with Crippen LogP contribution in [-0.4, -0.2) is 17.2 Å². The van der Waals surface area contributed by atoms with Crippen molar-refractivity contribution >= 4 is 68.6 Å². The molecule has 1 fully saturated rings. The van der Waals surface area contributed by atoms with Crippen LogP contribution in [-0.2, 0) is 10.8 Å². The SMILES string of the molecule is CC1(c2ccccc2)c2cccc3c2B2c4c(cc(N5c6ccccc6C6(C)CCCCC56C)cc4N4c5ccccc5-c5cc(-c6ccccc6)ccc5-c5ccc1c2c54)N3c1ccccc1-c1ccccn1. The van der Waals surface area contributed by atoms with Crippen LogP contribution in [0.25, 0.3) is 44.6 Å². The van der Waals surface area contributed by atoms with E-state index in [2.05, 4.69) is 242 Å². The summed E-state index contributed by atoms with van der Waals surface area (Å²) in [5.41, 5.74) is 28.3. The number of para-hydroxylation sites is 3. The highest BCUT2D eigenvalue weighted by Crippen LogP contribution is 2.63. The molecule has 3 atom stereocenters. The summed E-state index contributed by atoms with van der Waals surface area (Å²) >= 11 is 0. The third kappa shape index (κ3) is 5.31. The normalized spacial score (nSPS) is 20.7. The Labute approximate surface area is 434 Å². The van der Waals surface area contributed by atoms with E-state index in [9.17, 15) is 0 Å². The average Bonchev–Trinajstić information content (AvgIpc) is 3.64. The van der Waals surface area contributed by atoms with Crippen LogP contribution in [0, 0.1) is 0 Å². The summed E-state index contributed by atoms with van der Waals surface area (Å²) < 4.78 is 0. The van der Waals surface area contributed by atoms with Crippen LogP contribution in [0.2, 0.25) is 0 Å². The summed E-state index contributed by atoms with van der Waals surface area (Å²) in [4.78, 5) is 13.2. The van der Waals surface area contributed by atoms with E-state index < -0.39 is 5.41 Å². The summed E-state index contributed by atoms with van der Waals surface area (Å²) in [6, 6.07) is 80.6. The van der Waals surface area contributed by atoms with Gasteiger partial charge in [-0.05, 0) is 142 Å². The van der Waals surface area contributed by atoms with Gasteiger partial charge in [0.2, 0.25) is 0 Å². The largest absolute Gasteiger partial charge is 0.334 e. The van der Waals surface area contributed by atoms with Crippen LogP contribution in [0.4, 0.5) is 45.5 Å². The third-order valence-corrected chi connectivity index (χ3v) is 18.9. The van der Waals surface area contributed by atoms with Gasteiger partial charge in [0, 0.05) is 67.8 Å². The lowest BCUT2D eigenvalue weighted by atomic mass is 9.28. The molecule has 1 saturated carbocycles. The highest BCUT2D eigenvalue weighted by molar-refractivity contribution is 7.01. The predicted molar refractivity (Wildman–Crippen MR) is 308 cm³/mol. The zero-order valence-corrected chi connectivity index (χ0v) is 42.0. The molecule has 3 unspecified atom stereocenters. The van der Waals surface area contributed by atoms with Crippen LogP contribution < -0.4 is 31.1 Å². The molecule has 0 radical (unpaired) electrons. The second-order valence-electron chi connectivity index (χ2n) is 22.2. The maximum Gasteiger partial charge on any atom is 0.253 e. The maximum absolute atomic E-state index is 5.04. The van der Waals surface area contributed by atoms with Crippen molar-refractivity contribution in [1.29, 1.82) is 0 Å². The smallest absolute Gasteiger partial charge is 0.253 e. The Hall–Kier alpha value is -8.41. The highest BCUT2D eigenvalue weighted by atomic mass is 15.3. The molecule has 16 rings (SSSR count). The Balaban J connectivity index is 1.08. The van der Waals surface area contributed by atoms with Crippen LogP contribution in [0.15, 0.2) is 219 Å². The lowest BCUT2D eigenvalue weighted by molar-refractivity contribution is 0.195. The quantitative estimate of drug-likeness (QED) is 0.160. The van der Waals surface area contributed by atoms with Crippen LogP contribution in [0.5, 0.6) is 0 Å². The first kappa shape index (κ1) is 42.1. The molecule has 0 saturated heterocycles. The lowest BCUT2D eigenvalue weighted by Crippen LogP contribution is -2.67. The van der Waals surface area contributed by atoms with Crippen LogP contribution in [0.1, 0.15) is 68.7 Å². The Morgan fingerprint density at radius 2 is 1.05 bits per heavy atom. The Morgan fingerprint density at radius 3 is 1.85 bits per heavy atom. The van der Waals surface area contributed by atoms with E-state index in [-0.39, 0.29) is 17.7 Å². The Morgan fingerprint density at radius 1 is 0.419 bits per heavy atom. The number of benzene rings is 9. The number of nitrogens with zero attached hydrogens (tertiary/aromatic N) is 4. The fraction of sp³-hybridized carbons (Fsp3) is 0.145. The minimum Gasteiger partial charge on any atom is -0.334 e. The van der Waals surface area contributed by atoms with Crippen molar-refractivity contribution in [2.24, 2.45) is 0 Å². The van der Waals surface area contributed by atoms with Gasteiger partial charge in [-0.25, -0.2) is 0 Å². The molecule has 6 aliphatic rings. The van der Waals surface area contributed by atoms with E-state index >= 15 is 0 Å². The minimum absolute atomic E-state index is 0.0189. The number of pyridine rings is 1. The first-order valence-electron chi connectivity index (χ1n) is 26.7. The van der Waals surface area contributed by atoms with Crippen LogP contribution in [0.3, 0.4) is 0 Å². The van der Waals surface area contributed by atoms with Gasteiger partial charge < -0.3 is 14.7 Å². The van der Waals surface area contributed by atoms with Crippen molar-refractivity contribution in [2.45, 2.75) is 62.8 Å². The van der Waals surface area contributed by atoms with E-state index in [1.165, 1.54) is 131 Å². The molecule has 0 N–H and O–H groups in total. The molecule has 5 aliphatic heterocycles. The molecule has 352 valence electrons. The van der Waals surface area contributed by atoms with Gasteiger partial charge >= 0.3 is 0 Å². The molecule has 1 aromatic heterocycles. The second kappa shape index (κ2) is 15.1. The molecule has 0 spiro atoms. The summed E-state index contributed by atoms with van der Waals surface area (Å²) in [7, 11) is 0. The minimum atomic E-state index is -0.481. The van der Waals surface area contributed by atoms with Gasteiger partial charge in [0.1, 0.15) is 0 Å². The van der Waals surface area contributed by atoms with Gasteiger partial charge in [-0.1, -0.05) is 177 Å². The van der Waals surface area contributed by atoms with E-state index in [0.717, 1.165) is 23.4 Å². The Bertz CT molecular complexity index is 4000. The molecular formula is C69H53BN4. The van der Waals surface area contributed by atoms with E-state index in [0.29, 0.717) is 0 Å². The topological polar surface area (TPSA) is 22.6 Å². The fourth-order valence-corrected chi connectivity index (χ4v) is 15.3. The third-order valence-electron chi connectivity index (χ3n) is 18.9. The molecule has 0 amide bonds. The highest BCUT2D eigenvalue weighted by Gasteiger charge is 2.59.